The maximum atomic E-state index is 11.5. The Morgan fingerprint density at radius 2 is 1.97 bits per heavy atom. The van der Waals surface area contributed by atoms with Gasteiger partial charge >= 0.3 is 0 Å². The topological polar surface area (TPSA) is 73.8 Å². The molecule has 0 saturated heterocycles. The minimum absolute atomic E-state index is 0.0562. The fourth-order valence-electron chi connectivity index (χ4n) is 3.53. The highest BCUT2D eigenvalue weighted by molar-refractivity contribution is 6.43. The molecule has 0 aliphatic carbocycles. The van der Waals surface area contributed by atoms with Gasteiger partial charge in [-0.3, -0.25) is 9.69 Å². The minimum Gasteiger partial charge on any atom is -0.494 e. The van der Waals surface area contributed by atoms with Crippen molar-refractivity contribution in [2.45, 2.75) is 25.7 Å². The van der Waals surface area contributed by atoms with Crippen molar-refractivity contribution in [3.63, 3.8) is 0 Å². The molecule has 6 nitrogen and oxygen atoms in total. The molecule has 0 atom stereocenters. The van der Waals surface area contributed by atoms with Crippen LogP contribution in [-0.4, -0.2) is 55.3 Å². The number of carbonyl (C=O) groups is 1. The van der Waals surface area contributed by atoms with Gasteiger partial charge in [0.25, 0.3) is 0 Å². The summed E-state index contributed by atoms with van der Waals surface area (Å²) in [5, 5.41) is 16.6. The van der Waals surface area contributed by atoms with Crippen LogP contribution >= 0.6 is 23.2 Å². The number of amides is 1. The van der Waals surface area contributed by atoms with Crippen molar-refractivity contribution in [1.82, 2.24) is 4.90 Å². The Bertz CT molecular complexity index is 879. The van der Waals surface area contributed by atoms with E-state index >= 15 is 0 Å². The first-order chi connectivity index (χ1) is 15.1. The number of hydrogen-bond donors (Lipinski definition) is 3. The molecule has 2 aromatic carbocycles. The zero-order chi connectivity index (χ0) is 22.1. The number of halogens is 2. The van der Waals surface area contributed by atoms with E-state index < -0.39 is 0 Å². The molecule has 31 heavy (non-hydrogen) atoms. The van der Waals surface area contributed by atoms with E-state index in [9.17, 15) is 9.90 Å². The van der Waals surface area contributed by atoms with Gasteiger partial charge in [-0.25, -0.2) is 0 Å². The summed E-state index contributed by atoms with van der Waals surface area (Å²) >= 11 is 12.2. The number of aliphatic hydroxyl groups excluding tert-OH is 1. The highest BCUT2D eigenvalue weighted by Crippen LogP contribution is 2.29. The molecule has 0 spiro atoms. The van der Waals surface area contributed by atoms with Crippen molar-refractivity contribution in [2.75, 3.05) is 50.0 Å². The quantitative estimate of drug-likeness (QED) is 0.404. The Hall–Kier alpha value is -1.99. The number of anilines is 2. The van der Waals surface area contributed by atoms with Crippen LogP contribution in [0.3, 0.4) is 0 Å². The number of rotatable bonds is 12. The predicted molar refractivity (Wildman–Crippen MR) is 127 cm³/mol. The molecule has 8 heteroatoms. The average molecular weight is 466 g/mol. The van der Waals surface area contributed by atoms with Gasteiger partial charge in [0.1, 0.15) is 5.75 Å². The van der Waals surface area contributed by atoms with Crippen molar-refractivity contribution in [3.8, 4) is 5.75 Å². The number of unbranched alkanes of at least 4 members (excludes halogenated alkanes) is 1. The third-order valence-corrected chi connectivity index (χ3v) is 6.04. The second-order valence-electron chi connectivity index (χ2n) is 7.52. The molecule has 1 aliphatic rings. The molecule has 0 unspecified atom stereocenters. The third kappa shape index (κ3) is 7.28. The van der Waals surface area contributed by atoms with Gasteiger partial charge in [-0.2, -0.15) is 0 Å². The van der Waals surface area contributed by atoms with Crippen LogP contribution in [0.25, 0.3) is 0 Å². The summed E-state index contributed by atoms with van der Waals surface area (Å²) in [4.78, 5) is 13.8. The highest BCUT2D eigenvalue weighted by atomic mass is 35.5. The molecular weight excluding hydrogens is 437 g/mol. The zero-order valence-electron chi connectivity index (χ0n) is 17.5. The van der Waals surface area contributed by atoms with Crippen LogP contribution in [0.5, 0.6) is 5.75 Å². The van der Waals surface area contributed by atoms with Crippen molar-refractivity contribution in [3.05, 3.63) is 52.0 Å². The number of carbonyl (C=O) groups excluding carboxylic acids is 1. The molecule has 1 heterocycles. The first-order valence-corrected chi connectivity index (χ1v) is 11.4. The number of nitrogens with zero attached hydrogens (tertiary/aromatic N) is 1. The van der Waals surface area contributed by atoms with Crippen molar-refractivity contribution in [2.24, 2.45) is 0 Å². The molecule has 0 radical (unpaired) electrons. The lowest BCUT2D eigenvalue weighted by atomic mass is 10.0. The van der Waals surface area contributed by atoms with Crippen molar-refractivity contribution >= 4 is 40.5 Å². The lowest BCUT2D eigenvalue weighted by Crippen LogP contribution is -2.32. The molecule has 0 bridgehead atoms. The first kappa shape index (κ1) is 23.7. The SMILES string of the molecule is O=C1CCc2ccc(OCCCCN(CCO)CCNc3cccc(Cl)c3Cl)cc2N1. The molecule has 0 fully saturated rings. The molecule has 168 valence electrons. The standard InChI is InChI=1S/C23H29Cl2N3O3/c24-19-4-3-5-20(23(19)25)26-10-12-28(13-14-29)11-1-2-15-31-18-8-6-17-7-9-22(30)27-21(17)16-18/h3-6,8,16,26,29H,1-2,7,9-15H2,(H,27,30). The summed E-state index contributed by atoms with van der Waals surface area (Å²) in [5.74, 6) is 0.830. The number of benzene rings is 2. The largest absolute Gasteiger partial charge is 0.494 e. The van der Waals surface area contributed by atoms with E-state index in [1.807, 2.05) is 30.3 Å². The second kappa shape index (κ2) is 12.2. The predicted octanol–water partition coefficient (Wildman–Crippen LogP) is 4.44. The van der Waals surface area contributed by atoms with E-state index in [4.69, 9.17) is 27.9 Å². The van der Waals surface area contributed by atoms with Crippen molar-refractivity contribution < 1.29 is 14.6 Å². The summed E-state index contributed by atoms with van der Waals surface area (Å²) in [7, 11) is 0. The maximum Gasteiger partial charge on any atom is 0.224 e. The van der Waals surface area contributed by atoms with Crippen LogP contribution in [0.4, 0.5) is 11.4 Å². The molecule has 3 rings (SSSR count). The van der Waals surface area contributed by atoms with Gasteiger partial charge in [0.2, 0.25) is 5.91 Å². The third-order valence-electron chi connectivity index (χ3n) is 5.23. The Kier molecular flexibility index (Phi) is 9.28. The molecule has 2 aromatic rings. The monoisotopic (exact) mass is 465 g/mol. The van der Waals surface area contributed by atoms with Gasteiger partial charge in [-0.15, -0.1) is 0 Å². The van der Waals surface area contributed by atoms with Crippen LogP contribution in [0.15, 0.2) is 36.4 Å². The Morgan fingerprint density at radius 1 is 1.10 bits per heavy atom. The summed E-state index contributed by atoms with van der Waals surface area (Å²) in [6.07, 6.45) is 3.18. The van der Waals surface area contributed by atoms with Crippen molar-refractivity contribution in [1.29, 1.82) is 0 Å². The fraction of sp³-hybridized carbons (Fsp3) is 0.435. The maximum absolute atomic E-state index is 11.5. The number of fused-ring (bicyclic) bond motifs is 1. The number of nitrogens with one attached hydrogen (secondary N) is 2. The van der Waals surface area contributed by atoms with Gasteiger partial charge in [0.05, 0.1) is 28.9 Å². The van der Waals surface area contributed by atoms with Gasteiger partial charge in [0, 0.05) is 37.8 Å². The molecular formula is C23H29Cl2N3O3. The van der Waals surface area contributed by atoms with Crippen LogP contribution in [0.1, 0.15) is 24.8 Å². The Labute approximate surface area is 193 Å². The molecule has 0 saturated carbocycles. The number of aryl methyl sites for hydroxylation is 1. The highest BCUT2D eigenvalue weighted by Gasteiger charge is 2.15. The van der Waals surface area contributed by atoms with Crippen LogP contribution < -0.4 is 15.4 Å². The fourth-order valence-corrected chi connectivity index (χ4v) is 3.90. The van der Waals surface area contributed by atoms with Gasteiger partial charge in [0.15, 0.2) is 0 Å². The number of ether oxygens (including phenoxy) is 1. The molecule has 3 N–H and O–H groups in total. The van der Waals surface area contributed by atoms with E-state index in [0.29, 0.717) is 36.2 Å². The summed E-state index contributed by atoms with van der Waals surface area (Å²) in [6.45, 7) is 3.71. The van der Waals surface area contributed by atoms with E-state index in [2.05, 4.69) is 15.5 Å². The molecule has 1 amide bonds. The van der Waals surface area contributed by atoms with Crippen LogP contribution in [0, 0.1) is 0 Å². The summed E-state index contributed by atoms with van der Waals surface area (Å²) in [6, 6.07) is 11.4. The van der Waals surface area contributed by atoms with Gasteiger partial charge < -0.3 is 20.5 Å². The van der Waals surface area contributed by atoms with Gasteiger partial charge in [-0.05, 0) is 49.6 Å². The van der Waals surface area contributed by atoms with Gasteiger partial charge in [-0.1, -0.05) is 35.3 Å². The van der Waals surface area contributed by atoms with E-state index in [0.717, 1.165) is 55.0 Å². The lowest BCUT2D eigenvalue weighted by Gasteiger charge is -2.22. The van der Waals surface area contributed by atoms with E-state index in [1.165, 1.54) is 0 Å². The zero-order valence-corrected chi connectivity index (χ0v) is 19.0. The number of hydrogen-bond acceptors (Lipinski definition) is 5. The normalized spacial score (nSPS) is 13.1. The lowest BCUT2D eigenvalue weighted by molar-refractivity contribution is -0.116. The average Bonchev–Trinajstić information content (AvgIpc) is 2.76. The second-order valence-corrected chi connectivity index (χ2v) is 8.30. The first-order valence-electron chi connectivity index (χ1n) is 10.6. The molecule has 0 aromatic heterocycles. The number of aliphatic hydroxyl groups is 1. The van der Waals surface area contributed by atoms with Crippen LogP contribution in [-0.2, 0) is 11.2 Å². The molecule has 1 aliphatic heterocycles. The summed E-state index contributed by atoms with van der Waals surface area (Å²) in [5.41, 5.74) is 2.82. The van der Waals surface area contributed by atoms with E-state index in [-0.39, 0.29) is 12.5 Å². The summed E-state index contributed by atoms with van der Waals surface area (Å²) < 4.78 is 5.85. The van der Waals surface area contributed by atoms with Crippen LogP contribution in [0.2, 0.25) is 10.0 Å². The van der Waals surface area contributed by atoms with E-state index in [1.54, 1.807) is 6.07 Å². The minimum atomic E-state index is 0.0562. The Balaban J connectivity index is 1.36. The Morgan fingerprint density at radius 3 is 2.81 bits per heavy atom. The smallest absolute Gasteiger partial charge is 0.224 e.